The van der Waals surface area contributed by atoms with Crippen molar-refractivity contribution in [3.63, 3.8) is 0 Å². The normalized spacial score (nSPS) is 18.5. The lowest BCUT2D eigenvalue weighted by molar-refractivity contribution is -0.116. The number of hydrogen-bond donors (Lipinski definition) is 1. The Morgan fingerprint density at radius 3 is 3.00 bits per heavy atom. The van der Waals surface area contributed by atoms with Gasteiger partial charge in [0.05, 0.1) is 19.8 Å². The minimum absolute atomic E-state index is 0.0692. The van der Waals surface area contributed by atoms with Gasteiger partial charge >= 0.3 is 0 Å². The summed E-state index contributed by atoms with van der Waals surface area (Å²) < 4.78 is 10.7. The predicted octanol–water partition coefficient (Wildman–Crippen LogP) is 1.91. The molecule has 0 bridgehead atoms. The Kier molecular flexibility index (Phi) is 6.27. The maximum Gasteiger partial charge on any atom is 0.243 e. The lowest BCUT2D eigenvalue weighted by atomic mass is 10.1. The molecule has 4 nitrogen and oxygen atoms in total. The Morgan fingerprint density at radius 1 is 1.40 bits per heavy atom. The molecule has 108 valence electrons. The van der Waals surface area contributed by atoms with Crippen LogP contribution in [0.3, 0.4) is 0 Å². The van der Waals surface area contributed by atoms with Gasteiger partial charge in [-0.1, -0.05) is 36.4 Å². The van der Waals surface area contributed by atoms with E-state index < -0.39 is 0 Å². The zero-order valence-corrected chi connectivity index (χ0v) is 11.6. The number of nitrogens with one attached hydrogen (secondary N) is 1. The van der Waals surface area contributed by atoms with E-state index >= 15 is 0 Å². The quantitative estimate of drug-likeness (QED) is 0.611. The van der Waals surface area contributed by atoms with Crippen molar-refractivity contribution in [2.45, 2.75) is 13.0 Å². The van der Waals surface area contributed by atoms with E-state index in [9.17, 15) is 4.79 Å². The van der Waals surface area contributed by atoms with Gasteiger partial charge in [-0.15, -0.1) is 0 Å². The van der Waals surface area contributed by atoms with E-state index in [1.165, 1.54) is 6.08 Å². The molecular formula is C16H21NO3. The van der Waals surface area contributed by atoms with Crippen LogP contribution in [0.2, 0.25) is 0 Å². The van der Waals surface area contributed by atoms with Crippen LogP contribution in [0.1, 0.15) is 12.0 Å². The largest absolute Gasteiger partial charge is 0.381 e. The Morgan fingerprint density at radius 2 is 2.25 bits per heavy atom. The molecule has 1 aliphatic rings. The number of ether oxygens (including phenoxy) is 2. The second-order valence-corrected chi connectivity index (χ2v) is 4.88. The van der Waals surface area contributed by atoms with E-state index in [2.05, 4.69) is 5.32 Å². The second kappa shape index (κ2) is 8.51. The third kappa shape index (κ3) is 5.55. The van der Waals surface area contributed by atoms with Gasteiger partial charge in [0.25, 0.3) is 0 Å². The second-order valence-electron chi connectivity index (χ2n) is 4.88. The van der Waals surface area contributed by atoms with Gasteiger partial charge in [0.15, 0.2) is 0 Å². The lowest BCUT2D eigenvalue weighted by Gasteiger charge is -2.07. The summed E-state index contributed by atoms with van der Waals surface area (Å²) in [7, 11) is 0. The molecule has 4 heteroatoms. The number of carbonyl (C=O) groups excluding carboxylic acids is 1. The molecule has 1 atom stereocenters. The fourth-order valence-corrected chi connectivity index (χ4v) is 2.02. The minimum atomic E-state index is -0.0692. The van der Waals surface area contributed by atoms with Crippen LogP contribution >= 0.6 is 0 Å². The highest BCUT2D eigenvalue weighted by Gasteiger charge is 2.15. The lowest BCUT2D eigenvalue weighted by Crippen LogP contribution is -2.27. The first-order chi connectivity index (χ1) is 9.84. The Labute approximate surface area is 119 Å². The minimum Gasteiger partial charge on any atom is -0.381 e. The van der Waals surface area contributed by atoms with Crippen molar-refractivity contribution in [3.8, 4) is 0 Å². The van der Waals surface area contributed by atoms with Crippen LogP contribution in [0.25, 0.3) is 0 Å². The molecule has 1 aromatic carbocycles. The Balaban J connectivity index is 1.55. The summed E-state index contributed by atoms with van der Waals surface area (Å²) in [5.74, 6) is 0.391. The third-order valence-corrected chi connectivity index (χ3v) is 3.18. The molecule has 1 heterocycles. The van der Waals surface area contributed by atoms with Gasteiger partial charge in [0.2, 0.25) is 5.91 Å². The Hall–Kier alpha value is -1.65. The van der Waals surface area contributed by atoms with Crippen LogP contribution in [-0.4, -0.2) is 32.3 Å². The zero-order valence-electron chi connectivity index (χ0n) is 11.6. The molecule has 1 fully saturated rings. The molecule has 1 aromatic rings. The number of amides is 1. The molecule has 1 N–H and O–H groups in total. The van der Waals surface area contributed by atoms with Crippen molar-refractivity contribution in [2.75, 3.05) is 26.4 Å². The van der Waals surface area contributed by atoms with Crippen LogP contribution in [0, 0.1) is 5.92 Å². The summed E-state index contributed by atoms with van der Waals surface area (Å²) in [5.41, 5.74) is 1.13. The summed E-state index contributed by atoms with van der Waals surface area (Å²) in [6.07, 6.45) is 4.30. The average molecular weight is 275 g/mol. The van der Waals surface area contributed by atoms with Crippen LogP contribution < -0.4 is 5.32 Å². The van der Waals surface area contributed by atoms with Gasteiger partial charge < -0.3 is 14.8 Å². The fourth-order valence-electron chi connectivity index (χ4n) is 2.02. The van der Waals surface area contributed by atoms with Gasteiger partial charge in [-0.05, 0) is 12.0 Å². The molecular weight excluding hydrogens is 254 g/mol. The molecule has 0 aliphatic carbocycles. The van der Waals surface area contributed by atoms with Crippen molar-refractivity contribution in [2.24, 2.45) is 5.92 Å². The van der Waals surface area contributed by atoms with Gasteiger partial charge in [0, 0.05) is 25.1 Å². The summed E-state index contributed by atoms with van der Waals surface area (Å²) in [6.45, 7) is 3.25. The van der Waals surface area contributed by atoms with Crippen molar-refractivity contribution in [1.29, 1.82) is 0 Å². The van der Waals surface area contributed by atoms with Gasteiger partial charge in [-0.2, -0.15) is 0 Å². The van der Waals surface area contributed by atoms with Crippen molar-refractivity contribution < 1.29 is 14.3 Å². The summed E-state index contributed by atoms with van der Waals surface area (Å²) in [5, 5.41) is 2.87. The molecule has 20 heavy (non-hydrogen) atoms. The number of carbonyl (C=O) groups is 1. The van der Waals surface area contributed by atoms with E-state index in [4.69, 9.17) is 9.47 Å². The standard InChI is InChI=1S/C16H21NO3/c18-16(17-11-15-8-10-20-13-15)7-4-9-19-12-14-5-2-1-3-6-14/h1-7,15H,8-13H2,(H,17,18)/b7-4+. The predicted molar refractivity (Wildman–Crippen MR) is 77.2 cm³/mol. The van der Waals surface area contributed by atoms with Gasteiger partial charge in [0.1, 0.15) is 0 Å². The first-order valence-corrected chi connectivity index (χ1v) is 6.98. The third-order valence-electron chi connectivity index (χ3n) is 3.18. The first kappa shape index (κ1) is 14.8. The molecule has 0 radical (unpaired) electrons. The van der Waals surface area contributed by atoms with Crippen LogP contribution in [-0.2, 0) is 20.9 Å². The smallest absolute Gasteiger partial charge is 0.243 e. The van der Waals surface area contributed by atoms with E-state index in [0.29, 0.717) is 25.7 Å². The summed E-state index contributed by atoms with van der Waals surface area (Å²) in [4.78, 5) is 11.5. The number of benzene rings is 1. The maximum absolute atomic E-state index is 11.5. The molecule has 0 spiro atoms. The SMILES string of the molecule is O=C(/C=C/COCc1ccccc1)NCC1CCOC1. The average Bonchev–Trinajstić information content (AvgIpc) is 2.99. The molecule has 1 aliphatic heterocycles. The van der Waals surface area contributed by atoms with Crippen molar-refractivity contribution >= 4 is 5.91 Å². The Bertz CT molecular complexity index is 425. The molecule has 2 rings (SSSR count). The molecule has 1 amide bonds. The molecule has 0 aromatic heterocycles. The topological polar surface area (TPSA) is 47.6 Å². The fraction of sp³-hybridized carbons (Fsp3) is 0.438. The van der Waals surface area contributed by atoms with Crippen LogP contribution in [0.5, 0.6) is 0 Å². The van der Waals surface area contributed by atoms with E-state index in [1.807, 2.05) is 30.3 Å². The monoisotopic (exact) mass is 275 g/mol. The molecule has 0 saturated carbocycles. The van der Waals surface area contributed by atoms with Crippen molar-refractivity contribution in [1.82, 2.24) is 5.32 Å². The highest BCUT2D eigenvalue weighted by atomic mass is 16.5. The maximum atomic E-state index is 11.5. The number of rotatable bonds is 7. The zero-order chi connectivity index (χ0) is 14.0. The van der Waals surface area contributed by atoms with Crippen LogP contribution in [0.4, 0.5) is 0 Å². The first-order valence-electron chi connectivity index (χ1n) is 6.98. The van der Waals surface area contributed by atoms with E-state index in [0.717, 1.165) is 25.2 Å². The molecule has 1 unspecified atom stereocenters. The summed E-state index contributed by atoms with van der Waals surface area (Å²) >= 11 is 0. The van der Waals surface area contributed by atoms with Gasteiger partial charge in [-0.3, -0.25) is 4.79 Å². The van der Waals surface area contributed by atoms with E-state index in [-0.39, 0.29) is 5.91 Å². The highest BCUT2D eigenvalue weighted by molar-refractivity contribution is 5.87. The van der Waals surface area contributed by atoms with E-state index in [1.54, 1.807) is 6.08 Å². The van der Waals surface area contributed by atoms with Crippen LogP contribution in [0.15, 0.2) is 42.5 Å². The summed E-state index contributed by atoms with van der Waals surface area (Å²) in [6, 6.07) is 9.97. The highest BCUT2D eigenvalue weighted by Crippen LogP contribution is 2.10. The molecule has 1 saturated heterocycles. The number of hydrogen-bond acceptors (Lipinski definition) is 3. The van der Waals surface area contributed by atoms with Crippen molar-refractivity contribution in [3.05, 3.63) is 48.0 Å². The van der Waals surface area contributed by atoms with Gasteiger partial charge in [-0.25, -0.2) is 0 Å².